The summed E-state index contributed by atoms with van der Waals surface area (Å²) in [4.78, 5) is 11.3. The number of phenols is 1. The summed E-state index contributed by atoms with van der Waals surface area (Å²) >= 11 is 0. The maximum absolute atomic E-state index is 11.3. The molecule has 0 heterocycles. The monoisotopic (exact) mass is 475 g/mol. The van der Waals surface area contributed by atoms with E-state index in [1.54, 1.807) is 20.3 Å². The highest BCUT2D eigenvalue weighted by molar-refractivity contribution is 5.92. The fraction of sp³-hybridized carbons (Fsp3) is 0.207. The lowest BCUT2D eigenvalue weighted by Crippen LogP contribution is -2.06. The Morgan fingerprint density at radius 3 is 2.31 bits per heavy atom. The van der Waals surface area contributed by atoms with Crippen LogP contribution in [0.5, 0.6) is 17.2 Å². The molecule has 2 aromatic carbocycles. The van der Waals surface area contributed by atoms with Gasteiger partial charge in [-0.2, -0.15) is 0 Å². The molecular weight excluding hydrogens is 442 g/mol. The molecule has 3 N–H and O–H groups in total. The number of nitrogens with one attached hydrogen (secondary N) is 1. The third-order valence-corrected chi connectivity index (χ3v) is 5.15. The number of carboxylic acids is 1. The van der Waals surface area contributed by atoms with Crippen molar-refractivity contribution in [1.29, 1.82) is 0 Å². The number of allylic oxidation sites excluding steroid dienone is 9. The van der Waals surface area contributed by atoms with Crippen LogP contribution in [0, 0.1) is 0 Å². The van der Waals surface area contributed by atoms with E-state index in [9.17, 15) is 15.0 Å². The van der Waals surface area contributed by atoms with Gasteiger partial charge >= 0.3 is 5.97 Å². The first-order valence-electron chi connectivity index (χ1n) is 11.3. The lowest BCUT2D eigenvalue weighted by Gasteiger charge is -2.16. The standard InChI is InChI=1S/C29H33NO5/c1-5-7-8-9-10-11-12-21(6-2)13-14-22-17-27(34-3)25(28(18-22)35-4)20-30-23-15-16-26(31)24(19-23)29(32)33/h5-9,11-19,30-31H,10,20H2,1-4H3,(H,32,33)/b7-5-,9-8-,12-11-,14-13+,21-6-. The van der Waals surface area contributed by atoms with Crippen LogP contribution < -0.4 is 14.8 Å². The Balaban J connectivity index is 2.20. The minimum Gasteiger partial charge on any atom is -0.507 e. The molecule has 184 valence electrons. The molecule has 0 amide bonds. The molecule has 2 aromatic rings. The second-order valence-electron chi connectivity index (χ2n) is 7.51. The van der Waals surface area contributed by atoms with Gasteiger partial charge in [0, 0.05) is 12.2 Å². The van der Waals surface area contributed by atoms with Crippen LogP contribution in [0.15, 0.2) is 84.5 Å². The average molecular weight is 476 g/mol. The van der Waals surface area contributed by atoms with Gasteiger partial charge in [-0.25, -0.2) is 4.79 Å². The van der Waals surface area contributed by atoms with E-state index in [0.29, 0.717) is 23.7 Å². The summed E-state index contributed by atoms with van der Waals surface area (Å²) in [5, 5.41) is 22.1. The molecule has 0 atom stereocenters. The van der Waals surface area contributed by atoms with Gasteiger partial charge in [-0.1, -0.05) is 54.7 Å². The number of ether oxygens (including phenoxy) is 2. The van der Waals surface area contributed by atoms with E-state index in [0.717, 1.165) is 23.1 Å². The number of carbonyl (C=O) groups is 1. The van der Waals surface area contributed by atoms with Crippen LogP contribution in [0.1, 0.15) is 41.8 Å². The molecule has 2 rings (SSSR count). The van der Waals surface area contributed by atoms with E-state index in [1.165, 1.54) is 12.1 Å². The zero-order chi connectivity index (χ0) is 25.6. The van der Waals surface area contributed by atoms with E-state index in [2.05, 4.69) is 23.5 Å². The molecule has 6 heteroatoms. The van der Waals surface area contributed by atoms with Crippen molar-refractivity contribution in [3.8, 4) is 17.2 Å². The van der Waals surface area contributed by atoms with Crippen LogP contribution >= 0.6 is 0 Å². The topological polar surface area (TPSA) is 88.0 Å². The summed E-state index contributed by atoms with van der Waals surface area (Å²) in [5.41, 5.74) is 3.17. The van der Waals surface area contributed by atoms with Crippen molar-refractivity contribution in [2.24, 2.45) is 0 Å². The average Bonchev–Trinajstić information content (AvgIpc) is 2.86. The number of rotatable bonds is 12. The second kappa shape index (κ2) is 14.2. The molecule has 0 unspecified atom stereocenters. The predicted octanol–water partition coefficient (Wildman–Crippen LogP) is 6.76. The van der Waals surface area contributed by atoms with Crippen LogP contribution in [-0.2, 0) is 6.54 Å². The quantitative estimate of drug-likeness (QED) is 0.232. The Morgan fingerprint density at radius 2 is 1.71 bits per heavy atom. The van der Waals surface area contributed by atoms with Crippen molar-refractivity contribution >= 4 is 17.7 Å². The third kappa shape index (κ3) is 8.27. The van der Waals surface area contributed by atoms with Gasteiger partial charge in [0.1, 0.15) is 22.8 Å². The summed E-state index contributed by atoms with van der Waals surface area (Å²) in [6, 6.07) is 8.19. The van der Waals surface area contributed by atoms with Crippen LogP contribution in [-0.4, -0.2) is 30.4 Å². The zero-order valence-corrected chi connectivity index (χ0v) is 20.6. The Hall–Kier alpha value is -4.19. The first kappa shape index (κ1) is 27.1. The molecule has 0 bridgehead atoms. The highest BCUT2D eigenvalue weighted by atomic mass is 16.5. The summed E-state index contributed by atoms with van der Waals surface area (Å²) in [7, 11) is 3.19. The van der Waals surface area contributed by atoms with E-state index < -0.39 is 5.97 Å². The molecule has 0 fully saturated rings. The molecule has 0 aromatic heterocycles. The van der Waals surface area contributed by atoms with Crippen molar-refractivity contribution in [2.45, 2.75) is 26.8 Å². The van der Waals surface area contributed by atoms with Gasteiger partial charge in [0.05, 0.1) is 19.8 Å². The molecule has 0 aliphatic rings. The van der Waals surface area contributed by atoms with Gasteiger partial charge in [0.25, 0.3) is 0 Å². The molecular formula is C29H33NO5. The van der Waals surface area contributed by atoms with Crippen molar-refractivity contribution in [3.05, 3.63) is 101 Å². The zero-order valence-electron chi connectivity index (χ0n) is 20.6. The molecule has 35 heavy (non-hydrogen) atoms. The van der Waals surface area contributed by atoms with E-state index in [1.807, 2.05) is 62.4 Å². The maximum Gasteiger partial charge on any atom is 0.339 e. The van der Waals surface area contributed by atoms with Crippen LogP contribution in [0.4, 0.5) is 5.69 Å². The molecule has 0 radical (unpaired) electrons. The van der Waals surface area contributed by atoms with Crippen molar-refractivity contribution < 1.29 is 24.5 Å². The first-order valence-corrected chi connectivity index (χ1v) is 11.3. The summed E-state index contributed by atoms with van der Waals surface area (Å²) in [6.07, 6.45) is 19.2. The van der Waals surface area contributed by atoms with Crippen molar-refractivity contribution in [2.75, 3.05) is 19.5 Å². The van der Waals surface area contributed by atoms with Gasteiger partial charge in [-0.05, 0) is 61.7 Å². The number of hydrogen-bond acceptors (Lipinski definition) is 5. The highest BCUT2D eigenvalue weighted by Crippen LogP contribution is 2.32. The number of hydrogen-bond donors (Lipinski definition) is 3. The summed E-state index contributed by atoms with van der Waals surface area (Å²) < 4.78 is 11.2. The molecule has 0 aliphatic carbocycles. The van der Waals surface area contributed by atoms with Crippen molar-refractivity contribution in [3.63, 3.8) is 0 Å². The Morgan fingerprint density at radius 1 is 1.00 bits per heavy atom. The predicted molar refractivity (Wildman–Crippen MR) is 142 cm³/mol. The molecule has 0 spiro atoms. The number of carboxylic acid groups (broad SMARTS) is 1. The smallest absolute Gasteiger partial charge is 0.339 e. The lowest BCUT2D eigenvalue weighted by molar-refractivity contribution is 0.0694. The Kier molecular flexibility index (Phi) is 10.9. The SMILES string of the molecule is C/C=C\C=C/C\C=C/C(=C/C)/C=C/c1cc(OC)c(CNc2ccc(O)c(C(=O)O)c2)c(OC)c1. The number of anilines is 1. The molecule has 0 saturated carbocycles. The van der Waals surface area contributed by atoms with Gasteiger partial charge in [0.2, 0.25) is 0 Å². The van der Waals surface area contributed by atoms with Crippen LogP contribution in [0.25, 0.3) is 6.08 Å². The van der Waals surface area contributed by atoms with E-state index >= 15 is 0 Å². The summed E-state index contributed by atoms with van der Waals surface area (Å²) in [6.45, 7) is 4.32. The third-order valence-electron chi connectivity index (χ3n) is 5.15. The van der Waals surface area contributed by atoms with Gasteiger partial charge < -0.3 is 25.0 Å². The molecule has 0 aliphatic heterocycles. The number of methoxy groups -OCH3 is 2. The molecule has 6 nitrogen and oxygen atoms in total. The number of aromatic hydroxyl groups is 1. The fourth-order valence-electron chi connectivity index (χ4n) is 3.27. The lowest BCUT2D eigenvalue weighted by atomic mass is 10.1. The van der Waals surface area contributed by atoms with Gasteiger partial charge in [-0.3, -0.25) is 0 Å². The number of aromatic carboxylic acids is 1. The van der Waals surface area contributed by atoms with Crippen molar-refractivity contribution in [1.82, 2.24) is 0 Å². The minimum absolute atomic E-state index is 0.169. The Bertz CT molecular complexity index is 1130. The normalized spacial score (nSPS) is 12.3. The Labute approximate surface area is 207 Å². The minimum atomic E-state index is -1.20. The number of benzene rings is 2. The largest absolute Gasteiger partial charge is 0.507 e. The second-order valence-corrected chi connectivity index (χ2v) is 7.51. The molecule has 0 saturated heterocycles. The van der Waals surface area contributed by atoms with Crippen LogP contribution in [0.2, 0.25) is 0 Å². The first-order chi connectivity index (χ1) is 16.9. The summed E-state index contributed by atoms with van der Waals surface area (Å²) in [5.74, 6) is -0.200. The van der Waals surface area contributed by atoms with E-state index in [-0.39, 0.29) is 11.3 Å². The van der Waals surface area contributed by atoms with Gasteiger partial charge in [0.15, 0.2) is 0 Å². The fourth-order valence-corrected chi connectivity index (χ4v) is 3.27. The van der Waals surface area contributed by atoms with Crippen LogP contribution in [0.3, 0.4) is 0 Å². The maximum atomic E-state index is 11.3. The van der Waals surface area contributed by atoms with E-state index in [4.69, 9.17) is 9.47 Å². The highest BCUT2D eigenvalue weighted by Gasteiger charge is 2.14. The van der Waals surface area contributed by atoms with Gasteiger partial charge in [-0.15, -0.1) is 0 Å².